The average Bonchev–Trinajstić information content (AvgIpc) is 3.25. The Morgan fingerprint density at radius 2 is 1.03 bits per heavy atom. The molecule has 0 bridgehead atoms. The quantitative estimate of drug-likeness (QED) is 0.0942. The summed E-state index contributed by atoms with van der Waals surface area (Å²) in [5.41, 5.74) is 10.6. The third-order valence-electron chi connectivity index (χ3n) is 10.8. The fourth-order valence-corrected chi connectivity index (χ4v) is 8.00. The zero-order valence-corrected chi connectivity index (χ0v) is 41.6. The highest BCUT2D eigenvalue weighted by Gasteiger charge is 2.26. The number of carbonyl (C=O) groups is 5. The van der Waals surface area contributed by atoms with Gasteiger partial charge in [-0.05, 0) is 119 Å². The van der Waals surface area contributed by atoms with Crippen molar-refractivity contribution < 1.29 is 24.0 Å². The summed E-state index contributed by atoms with van der Waals surface area (Å²) in [6.07, 6.45) is 0. The van der Waals surface area contributed by atoms with E-state index in [9.17, 15) is 24.0 Å². The van der Waals surface area contributed by atoms with Crippen LogP contribution >= 0.6 is 23.2 Å². The number of anilines is 2. The summed E-state index contributed by atoms with van der Waals surface area (Å²) >= 11 is 12.6. The number of nitrogens with two attached hydrogens (primary N) is 1. The zero-order chi connectivity index (χ0) is 49.1. The SMILES string of the molecule is CC(C)(C)NC(=O)c1cccc(CN2CCN(C(=O)c3ccc(N)cc3Cl)CC2)c1.CC(C)CNC(=O)Nc1ccc(C(=O)N2CCN(Cc3cccc(C(=O)NC(C)(C)C)c3)CC2)c(Cl)c1. The Labute approximate surface area is 405 Å². The maximum Gasteiger partial charge on any atom is 0.319 e. The molecule has 0 unspecified atom stereocenters. The Bertz CT molecular complexity index is 2380. The Kier molecular flexibility index (Phi) is 18.2. The van der Waals surface area contributed by atoms with E-state index in [0.717, 1.165) is 43.9 Å². The Hall–Kier alpha value is -5.67. The van der Waals surface area contributed by atoms with Gasteiger partial charge in [0.05, 0.1) is 21.2 Å². The van der Waals surface area contributed by atoms with Gasteiger partial charge in [0.15, 0.2) is 0 Å². The number of hydrogen-bond acceptors (Lipinski definition) is 8. The molecule has 67 heavy (non-hydrogen) atoms. The van der Waals surface area contributed by atoms with Crippen LogP contribution in [0.15, 0.2) is 84.9 Å². The molecule has 0 aromatic heterocycles. The van der Waals surface area contributed by atoms with Crippen LogP contribution in [-0.4, -0.2) is 119 Å². The lowest BCUT2D eigenvalue weighted by Crippen LogP contribution is -2.48. The number of nitrogens with one attached hydrogen (secondary N) is 4. The van der Waals surface area contributed by atoms with Crippen LogP contribution in [0.3, 0.4) is 0 Å². The summed E-state index contributed by atoms with van der Waals surface area (Å²) in [7, 11) is 0. The molecule has 2 heterocycles. The van der Waals surface area contributed by atoms with Crippen LogP contribution in [-0.2, 0) is 13.1 Å². The summed E-state index contributed by atoms with van der Waals surface area (Å²) < 4.78 is 0. The van der Waals surface area contributed by atoms with E-state index in [2.05, 4.69) is 31.1 Å². The first-order chi connectivity index (χ1) is 31.5. The van der Waals surface area contributed by atoms with E-state index in [1.165, 1.54) is 0 Å². The lowest BCUT2D eigenvalue weighted by Gasteiger charge is -2.35. The Morgan fingerprint density at radius 1 is 0.597 bits per heavy atom. The first-order valence-electron chi connectivity index (χ1n) is 22.8. The number of amides is 6. The van der Waals surface area contributed by atoms with Crippen molar-refractivity contribution in [1.82, 2.24) is 35.6 Å². The van der Waals surface area contributed by atoms with Crippen molar-refractivity contribution in [2.45, 2.75) is 79.6 Å². The van der Waals surface area contributed by atoms with Gasteiger partial charge in [0.1, 0.15) is 0 Å². The number of carbonyl (C=O) groups excluding carboxylic acids is 5. The molecule has 0 saturated carbocycles. The zero-order valence-electron chi connectivity index (χ0n) is 40.1. The molecule has 0 spiro atoms. The average molecular weight is 957 g/mol. The first-order valence-corrected chi connectivity index (χ1v) is 23.5. The first kappa shape index (κ1) is 52.3. The number of benzene rings is 4. The molecule has 2 aliphatic heterocycles. The van der Waals surface area contributed by atoms with E-state index in [4.69, 9.17) is 28.9 Å². The number of halogens is 2. The third kappa shape index (κ3) is 16.6. The summed E-state index contributed by atoms with van der Waals surface area (Å²) in [5.74, 6) is 0.000833. The van der Waals surface area contributed by atoms with Gasteiger partial charge >= 0.3 is 6.03 Å². The minimum atomic E-state index is -0.305. The topological polar surface area (TPSA) is 172 Å². The maximum absolute atomic E-state index is 13.1. The molecular formula is C51H67Cl2N9O5. The number of rotatable bonds is 11. The van der Waals surface area contributed by atoms with Crippen molar-refractivity contribution in [3.05, 3.63) is 128 Å². The van der Waals surface area contributed by atoms with Crippen molar-refractivity contribution in [3.63, 3.8) is 0 Å². The van der Waals surface area contributed by atoms with Crippen molar-refractivity contribution >= 4 is 64.2 Å². The van der Waals surface area contributed by atoms with Gasteiger partial charge in [-0.15, -0.1) is 0 Å². The number of nitrogens with zero attached hydrogens (tertiary/aromatic N) is 4. The van der Waals surface area contributed by atoms with E-state index < -0.39 is 0 Å². The smallest absolute Gasteiger partial charge is 0.319 e. The van der Waals surface area contributed by atoms with Gasteiger partial charge in [0.25, 0.3) is 23.6 Å². The van der Waals surface area contributed by atoms with E-state index in [1.807, 2.05) is 109 Å². The van der Waals surface area contributed by atoms with E-state index >= 15 is 0 Å². The largest absolute Gasteiger partial charge is 0.399 e. The van der Waals surface area contributed by atoms with E-state index in [1.54, 1.807) is 41.3 Å². The monoisotopic (exact) mass is 955 g/mol. The normalized spacial score (nSPS) is 14.7. The number of hydrogen-bond donors (Lipinski definition) is 5. The lowest BCUT2D eigenvalue weighted by atomic mass is 10.1. The predicted molar refractivity (Wildman–Crippen MR) is 269 cm³/mol. The second kappa shape index (κ2) is 23.4. The number of nitrogen functional groups attached to an aromatic ring is 1. The molecule has 6 amide bonds. The summed E-state index contributed by atoms with van der Waals surface area (Å²) in [6, 6.07) is 25.0. The fraction of sp³-hybridized carbons (Fsp3) is 0.431. The molecule has 2 saturated heterocycles. The third-order valence-corrected chi connectivity index (χ3v) is 11.5. The van der Waals surface area contributed by atoms with Crippen LogP contribution in [0.1, 0.15) is 108 Å². The fourth-order valence-electron chi connectivity index (χ4n) is 7.47. The molecule has 6 rings (SSSR count). The Morgan fingerprint density at radius 3 is 1.43 bits per heavy atom. The van der Waals surface area contributed by atoms with Crippen LogP contribution in [0.4, 0.5) is 16.2 Å². The van der Waals surface area contributed by atoms with Crippen LogP contribution in [0.2, 0.25) is 10.0 Å². The standard InChI is InChI=1S/C28H38ClN5O3.C23H29ClN4O2/c1-19(2)17-30-27(37)31-22-9-10-23(24(29)16-22)26(36)34-13-11-33(12-14-34)18-20-7-6-8-21(15-20)25(35)32-28(3,4)5;1-23(2,3)26-21(29)17-6-4-5-16(13-17)15-27-9-11-28(12-10-27)22(30)19-8-7-18(25)14-20(19)24/h6-10,15-16,19H,11-14,17-18H2,1-5H3,(H,32,35)(H2,30,31,37);4-8,13-14H,9-12,15,25H2,1-3H3,(H,26,29). The molecule has 14 nitrogen and oxygen atoms in total. The van der Waals surface area contributed by atoms with Crippen molar-refractivity contribution in [1.29, 1.82) is 0 Å². The Balaban J connectivity index is 0.000000256. The molecule has 0 atom stereocenters. The highest BCUT2D eigenvalue weighted by molar-refractivity contribution is 6.34. The van der Waals surface area contributed by atoms with Gasteiger partial charge in [-0.2, -0.15) is 0 Å². The second-order valence-corrected chi connectivity index (χ2v) is 20.4. The van der Waals surface area contributed by atoms with Crippen molar-refractivity contribution in [2.24, 2.45) is 5.92 Å². The predicted octanol–water partition coefficient (Wildman–Crippen LogP) is 8.01. The molecule has 0 aliphatic carbocycles. The van der Waals surface area contributed by atoms with Crippen LogP contribution in [0.25, 0.3) is 0 Å². The van der Waals surface area contributed by atoms with Crippen molar-refractivity contribution in [2.75, 3.05) is 70.0 Å². The molecule has 360 valence electrons. The molecule has 4 aromatic carbocycles. The van der Waals surface area contributed by atoms with Crippen LogP contribution < -0.4 is 27.0 Å². The van der Waals surface area contributed by atoms with Gasteiger partial charge in [-0.3, -0.25) is 29.0 Å². The summed E-state index contributed by atoms with van der Waals surface area (Å²) in [4.78, 5) is 71.0. The minimum absolute atomic E-state index is 0.0690. The van der Waals surface area contributed by atoms with E-state index in [-0.39, 0.29) is 40.7 Å². The van der Waals surface area contributed by atoms with Gasteiger partial charge in [0, 0.05) is 106 Å². The van der Waals surface area contributed by atoms with Crippen molar-refractivity contribution in [3.8, 4) is 0 Å². The van der Waals surface area contributed by atoms with Crippen LogP contribution in [0, 0.1) is 5.92 Å². The maximum atomic E-state index is 13.1. The molecule has 4 aromatic rings. The van der Waals surface area contributed by atoms with Crippen LogP contribution in [0.5, 0.6) is 0 Å². The van der Waals surface area contributed by atoms with E-state index in [0.29, 0.717) is 88.9 Å². The lowest BCUT2D eigenvalue weighted by molar-refractivity contribution is 0.0622. The molecule has 16 heteroatoms. The van der Waals surface area contributed by atoms with Gasteiger partial charge in [-0.25, -0.2) is 4.79 Å². The van der Waals surface area contributed by atoms with Gasteiger partial charge in [-0.1, -0.05) is 61.3 Å². The summed E-state index contributed by atoms with van der Waals surface area (Å²) in [6.45, 7) is 23.2. The highest BCUT2D eigenvalue weighted by atomic mass is 35.5. The molecule has 2 fully saturated rings. The number of urea groups is 1. The van der Waals surface area contributed by atoms with Gasteiger partial charge in [0.2, 0.25) is 0 Å². The molecule has 6 N–H and O–H groups in total. The van der Waals surface area contributed by atoms with Gasteiger partial charge < -0.3 is 36.8 Å². The minimum Gasteiger partial charge on any atom is -0.399 e. The highest BCUT2D eigenvalue weighted by Crippen LogP contribution is 2.25. The summed E-state index contributed by atoms with van der Waals surface area (Å²) in [5, 5.41) is 12.2. The number of piperazine rings is 2. The second-order valence-electron chi connectivity index (χ2n) is 19.6. The molecular weight excluding hydrogens is 890 g/mol. The molecule has 2 aliphatic rings. The molecule has 0 radical (unpaired) electrons.